The zero-order chi connectivity index (χ0) is 17.6. The van der Waals surface area contributed by atoms with E-state index in [0.29, 0.717) is 0 Å². The molecular formula is C20H20BrN3O. The number of benzene rings is 2. The zero-order valence-electron chi connectivity index (χ0n) is 14.3. The van der Waals surface area contributed by atoms with Gasteiger partial charge in [0.2, 0.25) is 0 Å². The summed E-state index contributed by atoms with van der Waals surface area (Å²) in [7, 11) is 0. The Balaban J connectivity index is 1.75. The highest BCUT2D eigenvalue weighted by Gasteiger charge is 2.04. The van der Waals surface area contributed by atoms with Crippen molar-refractivity contribution >= 4 is 38.7 Å². The first kappa shape index (κ1) is 17.4. The molecule has 2 aromatic carbocycles. The maximum absolute atomic E-state index is 5.58. The zero-order valence-corrected chi connectivity index (χ0v) is 15.9. The second-order valence-corrected chi connectivity index (χ2v) is 6.68. The molecule has 3 rings (SSSR count). The molecule has 0 fully saturated rings. The van der Waals surface area contributed by atoms with Crippen LogP contribution in [0.3, 0.4) is 0 Å². The van der Waals surface area contributed by atoms with Gasteiger partial charge in [0, 0.05) is 15.6 Å². The average Bonchev–Trinajstić information content (AvgIpc) is 2.61. The number of aryl methyl sites for hydroxylation is 1. The molecule has 0 aliphatic rings. The van der Waals surface area contributed by atoms with Crippen LogP contribution in [0.4, 0.5) is 5.69 Å². The summed E-state index contributed by atoms with van der Waals surface area (Å²) in [5.41, 5.74) is 6.96. The van der Waals surface area contributed by atoms with Gasteiger partial charge in [0.15, 0.2) is 0 Å². The number of pyridine rings is 1. The lowest BCUT2D eigenvalue weighted by molar-refractivity contribution is 0.317. The molecular weight excluding hydrogens is 378 g/mol. The van der Waals surface area contributed by atoms with Gasteiger partial charge in [-0.15, -0.1) is 0 Å². The van der Waals surface area contributed by atoms with Crippen LogP contribution in [0.15, 0.2) is 58.1 Å². The second kappa shape index (κ2) is 8.12. The number of ether oxygens (including phenoxy) is 1. The smallest absolute Gasteiger partial charge is 0.119 e. The third-order valence-electron chi connectivity index (χ3n) is 3.65. The Kier molecular flexibility index (Phi) is 5.66. The molecule has 4 nitrogen and oxygen atoms in total. The van der Waals surface area contributed by atoms with Crippen LogP contribution in [0.2, 0.25) is 0 Å². The number of fused-ring (bicyclic) bond motifs is 1. The molecule has 0 spiro atoms. The van der Waals surface area contributed by atoms with Gasteiger partial charge in [-0.25, -0.2) is 0 Å². The lowest BCUT2D eigenvalue weighted by Crippen LogP contribution is -1.96. The Morgan fingerprint density at radius 1 is 1.16 bits per heavy atom. The molecule has 0 atom stereocenters. The summed E-state index contributed by atoms with van der Waals surface area (Å²) in [5, 5.41) is 5.39. The first-order chi connectivity index (χ1) is 12.2. The summed E-state index contributed by atoms with van der Waals surface area (Å²) in [6, 6.07) is 15.9. The Labute approximate surface area is 156 Å². The molecule has 25 heavy (non-hydrogen) atoms. The van der Waals surface area contributed by atoms with Crippen molar-refractivity contribution in [1.82, 2.24) is 4.98 Å². The van der Waals surface area contributed by atoms with Crippen molar-refractivity contribution in [3.8, 4) is 5.75 Å². The van der Waals surface area contributed by atoms with E-state index in [0.717, 1.165) is 51.1 Å². The van der Waals surface area contributed by atoms with Crippen LogP contribution < -0.4 is 10.2 Å². The number of nitrogens with one attached hydrogen (secondary N) is 1. The Bertz CT molecular complexity index is 891. The van der Waals surface area contributed by atoms with E-state index in [1.807, 2.05) is 55.5 Å². The van der Waals surface area contributed by atoms with Crippen molar-refractivity contribution in [2.75, 3.05) is 12.0 Å². The molecule has 5 heteroatoms. The predicted octanol–water partition coefficient (Wildman–Crippen LogP) is 5.54. The molecule has 0 saturated heterocycles. The topological polar surface area (TPSA) is 46.5 Å². The molecule has 1 aromatic heterocycles. The van der Waals surface area contributed by atoms with Crippen LogP contribution in [0.1, 0.15) is 24.6 Å². The maximum atomic E-state index is 5.58. The van der Waals surface area contributed by atoms with E-state index in [1.54, 1.807) is 6.21 Å². The highest BCUT2D eigenvalue weighted by Crippen LogP contribution is 2.26. The van der Waals surface area contributed by atoms with Crippen LogP contribution in [-0.2, 0) is 0 Å². The van der Waals surface area contributed by atoms with Gasteiger partial charge < -0.3 is 4.74 Å². The maximum Gasteiger partial charge on any atom is 0.119 e. The van der Waals surface area contributed by atoms with Gasteiger partial charge in [0.25, 0.3) is 0 Å². The van der Waals surface area contributed by atoms with Crippen LogP contribution in [0.5, 0.6) is 5.75 Å². The summed E-state index contributed by atoms with van der Waals surface area (Å²) < 4.78 is 6.60. The van der Waals surface area contributed by atoms with Crippen LogP contribution in [-0.4, -0.2) is 17.8 Å². The molecule has 0 aliphatic heterocycles. The first-order valence-electron chi connectivity index (χ1n) is 8.24. The molecule has 0 amide bonds. The first-order valence-corrected chi connectivity index (χ1v) is 9.04. The van der Waals surface area contributed by atoms with Gasteiger partial charge in [-0.1, -0.05) is 22.9 Å². The van der Waals surface area contributed by atoms with Crippen molar-refractivity contribution < 1.29 is 4.74 Å². The van der Waals surface area contributed by atoms with Gasteiger partial charge in [0.05, 0.1) is 24.0 Å². The monoisotopic (exact) mass is 397 g/mol. The minimum Gasteiger partial charge on any atom is -0.494 e. The number of anilines is 1. The lowest BCUT2D eigenvalue weighted by atomic mass is 10.1. The molecule has 3 aromatic rings. The minimum absolute atomic E-state index is 0.735. The molecule has 0 saturated carbocycles. The van der Waals surface area contributed by atoms with E-state index in [9.17, 15) is 0 Å². The highest BCUT2D eigenvalue weighted by molar-refractivity contribution is 9.10. The quantitative estimate of drug-likeness (QED) is 0.438. The van der Waals surface area contributed by atoms with Crippen LogP contribution >= 0.6 is 15.9 Å². The minimum atomic E-state index is 0.735. The van der Waals surface area contributed by atoms with E-state index in [2.05, 4.69) is 38.4 Å². The number of halogens is 1. The molecule has 0 radical (unpaired) electrons. The fourth-order valence-electron chi connectivity index (χ4n) is 2.47. The summed E-state index contributed by atoms with van der Waals surface area (Å²) in [6.45, 7) is 4.81. The van der Waals surface area contributed by atoms with E-state index in [1.165, 1.54) is 0 Å². The number of aromatic nitrogens is 1. The Hall–Kier alpha value is -2.40. The largest absolute Gasteiger partial charge is 0.494 e. The number of hydrazone groups is 1. The number of hydrogen-bond acceptors (Lipinski definition) is 4. The summed E-state index contributed by atoms with van der Waals surface area (Å²) in [6.07, 6.45) is 2.80. The Morgan fingerprint density at radius 2 is 1.96 bits per heavy atom. The molecule has 128 valence electrons. The molecule has 0 aliphatic carbocycles. The number of nitrogens with zero attached hydrogens (tertiary/aromatic N) is 2. The van der Waals surface area contributed by atoms with E-state index in [-0.39, 0.29) is 0 Å². The standard InChI is InChI=1S/C20H20BrN3O/c1-3-10-25-17-7-4-15(5-8-17)13-22-24-20-11-14(2)23-19-9-6-16(21)12-18(19)20/h4-9,11-13H,3,10H2,1-2H3,(H,23,24)/b22-13+. The van der Waals surface area contributed by atoms with Crippen molar-refractivity contribution in [2.45, 2.75) is 20.3 Å². The fraction of sp³-hybridized carbons (Fsp3) is 0.200. The van der Waals surface area contributed by atoms with E-state index in [4.69, 9.17) is 4.74 Å². The molecule has 0 bridgehead atoms. The third kappa shape index (κ3) is 4.57. The number of rotatable bonds is 6. The normalized spacial score (nSPS) is 11.2. The molecule has 1 heterocycles. The fourth-order valence-corrected chi connectivity index (χ4v) is 2.83. The van der Waals surface area contributed by atoms with Crippen molar-refractivity contribution in [3.63, 3.8) is 0 Å². The van der Waals surface area contributed by atoms with Gasteiger partial charge in [0.1, 0.15) is 5.75 Å². The van der Waals surface area contributed by atoms with Crippen LogP contribution in [0, 0.1) is 6.92 Å². The number of hydrogen-bond donors (Lipinski definition) is 1. The summed E-state index contributed by atoms with van der Waals surface area (Å²) in [4.78, 5) is 4.55. The van der Waals surface area contributed by atoms with Gasteiger partial charge >= 0.3 is 0 Å². The van der Waals surface area contributed by atoms with Crippen molar-refractivity contribution in [3.05, 3.63) is 64.3 Å². The van der Waals surface area contributed by atoms with Crippen molar-refractivity contribution in [2.24, 2.45) is 5.10 Å². The van der Waals surface area contributed by atoms with Gasteiger partial charge in [-0.3, -0.25) is 10.4 Å². The SMILES string of the molecule is CCCOc1ccc(/C=N/Nc2cc(C)nc3ccc(Br)cc23)cc1. The van der Waals surface area contributed by atoms with E-state index >= 15 is 0 Å². The molecule has 1 N–H and O–H groups in total. The van der Waals surface area contributed by atoms with Gasteiger partial charge in [-0.2, -0.15) is 5.10 Å². The molecule has 0 unspecified atom stereocenters. The summed E-state index contributed by atoms with van der Waals surface area (Å²) in [5.74, 6) is 0.882. The highest BCUT2D eigenvalue weighted by atomic mass is 79.9. The third-order valence-corrected chi connectivity index (χ3v) is 4.14. The average molecular weight is 398 g/mol. The Morgan fingerprint density at radius 3 is 2.72 bits per heavy atom. The van der Waals surface area contributed by atoms with E-state index < -0.39 is 0 Å². The lowest BCUT2D eigenvalue weighted by Gasteiger charge is -2.08. The summed E-state index contributed by atoms with van der Waals surface area (Å²) >= 11 is 3.51. The van der Waals surface area contributed by atoms with Crippen molar-refractivity contribution in [1.29, 1.82) is 0 Å². The predicted molar refractivity (Wildman–Crippen MR) is 108 cm³/mol. The second-order valence-electron chi connectivity index (χ2n) is 5.76. The van der Waals surface area contributed by atoms with Crippen LogP contribution in [0.25, 0.3) is 10.9 Å². The van der Waals surface area contributed by atoms with Gasteiger partial charge in [-0.05, 0) is 67.4 Å².